The number of benzene rings is 2. The molecule has 0 bridgehead atoms. The van der Waals surface area contributed by atoms with Gasteiger partial charge in [-0.15, -0.1) is 0 Å². The molecule has 5 nitrogen and oxygen atoms in total. The normalized spacial score (nSPS) is 14.7. The first-order valence-electron chi connectivity index (χ1n) is 9.86. The van der Waals surface area contributed by atoms with Crippen molar-refractivity contribution >= 4 is 23.1 Å². The van der Waals surface area contributed by atoms with E-state index in [0.29, 0.717) is 23.0 Å². The van der Waals surface area contributed by atoms with Crippen molar-refractivity contribution in [2.75, 3.05) is 31.5 Å². The predicted octanol–water partition coefficient (Wildman–Crippen LogP) is 3.72. The molecular weight excluding hydrogens is 404 g/mol. The molecule has 2 heterocycles. The minimum absolute atomic E-state index is 0.212. The Kier molecular flexibility index (Phi) is 6.35. The zero-order valence-corrected chi connectivity index (χ0v) is 17.3. The number of aromatic nitrogens is 2. The molecule has 156 valence electrons. The van der Waals surface area contributed by atoms with Crippen molar-refractivity contribution in [3.63, 3.8) is 0 Å². The second-order valence-electron chi connectivity index (χ2n) is 7.31. The molecule has 0 aliphatic carbocycles. The lowest BCUT2D eigenvalue weighted by Gasteiger charge is -2.36. The molecule has 8 heteroatoms. The molecule has 30 heavy (non-hydrogen) atoms. The Hall–Kier alpha value is -2.84. The van der Waals surface area contributed by atoms with Gasteiger partial charge in [-0.3, -0.25) is 9.58 Å². The highest BCUT2D eigenvalue weighted by Gasteiger charge is 2.19. The maximum atomic E-state index is 13.8. The van der Waals surface area contributed by atoms with Crippen molar-refractivity contribution < 1.29 is 8.78 Å². The van der Waals surface area contributed by atoms with Crippen LogP contribution in [0.2, 0.25) is 0 Å². The van der Waals surface area contributed by atoms with Gasteiger partial charge in [0.25, 0.3) is 0 Å². The van der Waals surface area contributed by atoms with Crippen LogP contribution in [0.5, 0.6) is 0 Å². The minimum Gasteiger partial charge on any atom is -0.346 e. The van der Waals surface area contributed by atoms with E-state index in [1.807, 2.05) is 24.3 Å². The lowest BCUT2D eigenvalue weighted by atomic mass is 10.2. The maximum absolute atomic E-state index is 13.8. The van der Waals surface area contributed by atoms with Crippen LogP contribution in [0.1, 0.15) is 11.1 Å². The largest absolute Gasteiger partial charge is 0.346 e. The van der Waals surface area contributed by atoms with Gasteiger partial charge in [-0.05, 0) is 36.0 Å². The lowest BCUT2D eigenvalue weighted by molar-refractivity contribution is 0.177. The molecule has 1 aliphatic heterocycles. The Labute approximate surface area is 179 Å². The molecule has 1 N–H and O–H groups in total. The summed E-state index contributed by atoms with van der Waals surface area (Å²) in [6, 6.07) is 15.2. The summed E-state index contributed by atoms with van der Waals surface area (Å²) in [7, 11) is 0. The molecule has 1 aliphatic rings. The average Bonchev–Trinajstić information content (AvgIpc) is 3.19. The van der Waals surface area contributed by atoms with Crippen molar-refractivity contribution in [1.82, 2.24) is 19.6 Å². The Morgan fingerprint density at radius 3 is 2.40 bits per heavy atom. The van der Waals surface area contributed by atoms with Crippen LogP contribution in [0.25, 0.3) is 0 Å². The maximum Gasteiger partial charge on any atom is 0.174 e. The molecule has 1 aromatic heterocycles. The van der Waals surface area contributed by atoms with Crippen LogP contribution in [0, 0.1) is 11.6 Å². The third kappa shape index (κ3) is 5.20. The highest BCUT2D eigenvalue weighted by molar-refractivity contribution is 7.80. The molecule has 0 amide bonds. The molecule has 2 aromatic carbocycles. The fourth-order valence-electron chi connectivity index (χ4n) is 3.46. The molecule has 0 saturated carbocycles. The molecule has 0 spiro atoms. The van der Waals surface area contributed by atoms with E-state index in [0.717, 1.165) is 38.3 Å². The van der Waals surface area contributed by atoms with Crippen LogP contribution in [-0.4, -0.2) is 50.9 Å². The Bertz CT molecular complexity index is 997. The summed E-state index contributed by atoms with van der Waals surface area (Å²) in [4.78, 5) is 4.45. The molecule has 1 fully saturated rings. The van der Waals surface area contributed by atoms with Gasteiger partial charge in [-0.1, -0.05) is 30.3 Å². The average molecular weight is 428 g/mol. The first-order chi connectivity index (χ1) is 14.6. The molecule has 1 saturated heterocycles. The van der Waals surface area contributed by atoms with E-state index in [9.17, 15) is 8.78 Å². The first kappa shape index (κ1) is 20.4. The summed E-state index contributed by atoms with van der Waals surface area (Å²) in [6.45, 7) is 4.53. The smallest absolute Gasteiger partial charge is 0.174 e. The number of nitrogens with zero attached hydrogens (tertiary/aromatic N) is 4. The number of rotatable bonds is 5. The van der Waals surface area contributed by atoms with Gasteiger partial charge in [0.05, 0.1) is 6.54 Å². The van der Waals surface area contributed by atoms with Crippen molar-refractivity contribution in [2.24, 2.45) is 0 Å². The van der Waals surface area contributed by atoms with E-state index in [1.165, 1.54) is 18.2 Å². The number of thiocarbonyl (C=S) groups is 1. The highest BCUT2D eigenvalue weighted by atomic mass is 32.1. The SMILES string of the molecule is Fc1ccc(CN2CCN(C(=S)Nc3ccn(Cc4ccccc4F)n3)CC2)cc1. The fourth-order valence-corrected chi connectivity index (χ4v) is 3.75. The van der Waals surface area contributed by atoms with E-state index < -0.39 is 0 Å². The standard InChI is InChI=1S/C22H23F2N5S/c23-19-7-5-17(6-8-19)15-27-11-13-28(14-12-27)22(30)25-21-9-10-29(26-21)16-18-3-1-2-4-20(18)24/h1-10H,11-16H2,(H,25,26,30). The number of nitrogens with one attached hydrogen (secondary N) is 1. The number of hydrogen-bond donors (Lipinski definition) is 1. The van der Waals surface area contributed by atoms with Crippen LogP contribution in [-0.2, 0) is 13.1 Å². The first-order valence-corrected chi connectivity index (χ1v) is 10.3. The quantitative estimate of drug-likeness (QED) is 0.628. The van der Waals surface area contributed by atoms with Gasteiger partial charge in [0, 0.05) is 50.6 Å². The highest BCUT2D eigenvalue weighted by Crippen LogP contribution is 2.13. The Morgan fingerprint density at radius 1 is 0.933 bits per heavy atom. The zero-order valence-electron chi connectivity index (χ0n) is 16.5. The number of halogens is 2. The Balaban J connectivity index is 1.26. The second-order valence-corrected chi connectivity index (χ2v) is 7.70. The monoisotopic (exact) mass is 427 g/mol. The van der Waals surface area contributed by atoms with Gasteiger partial charge in [-0.2, -0.15) is 5.10 Å². The molecule has 0 radical (unpaired) electrons. The van der Waals surface area contributed by atoms with E-state index in [4.69, 9.17) is 12.2 Å². The van der Waals surface area contributed by atoms with E-state index in [1.54, 1.807) is 23.0 Å². The van der Waals surface area contributed by atoms with Gasteiger partial charge in [0.15, 0.2) is 10.9 Å². The summed E-state index contributed by atoms with van der Waals surface area (Å²) in [5.74, 6) is 0.193. The third-order valence-electron chi connectivity index (χ3n) is 5.14. The van der Waals surface area contributed by atoms with Gasteiger partial charge in [-0.25, -0.2) is 8.78 Å². The molecule has 0 unspecified atom stereocenters. The second kappa shape index (κ2) is 9.32. The van der Waals surface area contributed by atoms with Crippen molar-refractivity contribution in [3.8, 4) is 0 Å². The zero-order chi connectivity index (χ0) is 20.9. The predicted molar refractivity (Wildman–Crippen MR) is 117 cm³/mol. The minimum atomic E-state index is -0.239. The summed E-state index contributed by atoms with van der Waals surface area (Å²) in [5, 5.41) is 8.25. The van der Waals surface area contributed by atoms with E-state index in [-0.39, 0.29) is 11.6 Å². The number of anilines is 1. The fraction of sp³-hybridized carbons (Fsp3) is 0.273. The van der Waals surface area contributed by atoms with Crippen molar-refractivity contribution in [1.29, 1.82) is 0 Å². The molecule has 4 rings (SSSR count). The summed E-state index contributed by atoms with van der Waals surface area (Å²) in [6.07, 6.45) is 1.80. The number of piperazine rings is 1. The van der Waals surface area contributed by atoms with E-state index >= 15 is 0 Å². The lowest BCUT2D eigenvalue weighted by Crippen LogP contribution is -2.49. The molecule has 0 atom stereocenters. The summed E-state index contributed by atoms with van der Waals surface area (Å²) < 4.78 is 28.5. The Morgan fingerprint density at radius 2 is 1.67 bits per heavy atom. The topological polar surface area (TPSA) is 36.3 Å². The summed E-state index contributed by atoms with van der Waals surface area (Å²) >= 11 is 5.54. The van der Waals surface area contributed by atoms with Crippen molar-refractivity contribution in [3.05, 3.63) is 83.6 Å². The number of hydrogen-bond acceptors (Lipinski definition) is 3. The van der Waals surface area contributed by atoms with E-state index in [2.05, 4.69) is 20.2 Å². The molecule has 3 aromatic rings. The van der Waals surface area contributed by atoms with Crippen LogP contribution in [0.15, 0.2) is 60.8 Å². The summed E-state index contributed by atoms with van der Waals surface area (Å²) in [5.41, 5.74) is 1.69. The van der Waals surface area contributed by atoms with Crippen LogP contribution in [0.3, 0.4) is 0 Å². The van der Waals surface area contributed by atoms with Gasteiger partial charge >= 0.3 is 0 Å². The van der Waals surface area contributed by atoms with Gasteiger partial charge in [0.2, 0.25) is 0 Å². The third-order valence-corrected chi connectivity index (χ3v) is 5.51. The van der Waals surface area contributed by atoms with Crippen LogP contribution in [0.4, 0.5) is 14.6 Å². The molecular formula is C22H23F2N5S. The van der Waals surface area contributed by atoms with Crippen LogP contribution >= 0.6 is 12.2 Å². The van der Waals surface area contributed by atoms with Crippen LogP contribution < -0.4 is 5.32 Å². The van der Waals surface area contributed by atoms with Gasteiger partial charge in [0.1, 0.15) is 11.6 Å². The van der Waals surface area contributed by atoms with Gasteiger partial charge < -0.3 is 10.2 Å². The van der Waals surface area contributed by atoms with Crippen molar-refractivity contribution in [2.45, 2.75) is 13.1 Å².